The Labute approximate surface area is 104 Å². The smallest absolute Gasteiger partial charge is 0.228 e. The molecule has 1 unspecified atom stereocenters. The van der Waals surface area contributed by atoms with Crippen molar-refractivity contribution in [1.29, 1.82) is 0 Å². The molecule has 0 heterocycles. The Bertz CT molecular complexity index is 376. The van der Waals surface area contributed by atoms with Gasteiger partial charge in [0, 0.05) is 24.7 Å². The Balaban J connectivity index is 2.81. The summed E-state index contributed by atoms with van der Waals surface area (Å²) in [4.78, 5) is 13.9. The summed E-state index contributed by atoms with van der Waals surface area (Å²) in [5, 5.41) is 0. The van der Waals surface area contributed by atoms with Crippen LogP contribution in [0.15, 0.2) is 24.3 Å². The lowest BCUT2D eigenvalue weighted by Gasteiger charge is -2.23. The van der Waals surface area contributed by atoms with Gasteiger partial charge in [-0.3, -0.25) is 4.79 Å². The molecule has 0 aromatic heterocycles. The van der Waals surface area contributed by atoms with Gasteiger partial charge in [0.1, 0.15) is 0 Å². The Kier molecular flexibility index (Phi) is 5.16. The molecule has 94 valence electrons. The topological polar surface area (TPSA) is 46.3 Å². The summed E-state index contributed by atoms with van der Waals surface area (Å²) < 4.78 is 0. The maximum Gasteiger partial charge on any atom is 0.228 e. The molecule has 1 rings (SSSR count). The van der Waals surface area contributed by atoms with Crippen molar-refractivity contribution < 1.29 is 4.79 Å². The molecule has 0 saturated carbocycles. The monoisotopic (exact) mass is 234 g/mol. The number of rotatable bonds is 5. The van der Waals surface area contributed by atoms with Crippen molar-refractivity contribution in [2.75, 3.05) is 11.4 Å². The lowest BCUT2D eigenvalue weighted by molar-refractivity contribution is -0.118. The highest BCUT2D eigenvalue weighted by Crippen LogP contribution is 2.17. The summed E-state index contributed by atoms with van der Waals surface area (Å²) >= 11 is 0. The number of hydrogen-bond donors (Lipinski definition) is 1. The van der Waals surface area contributed by atoms with Gasteiger partial charge in [-0.25, -0.2) is 0 Å². The summed E-state index contributed by atoms with van der Waals surface area (Å²) in [5.41, 5.74) is 7.95. The van der Waals surface area contributed by atoms with E-state index in [4.69, 9.17) is 5.73 Å². The Hall–Kier alpha value is -1.35. The molecule has 0 spiro atoms. The fraction of sp³-hybridized carbons (Fsp3) is 0.500. The normalized spacial score (nSPS) is 12.2. The van der Waals surface area contributed by atoms with Gasteiger partial charge in [0.05, 0.1) is 0 Å². The second-order valence-corrected chi connectivity index (χ2v) is 4.35. The van der Waals surface area contributed by atoms with Gasteiger partial charge in [0.2, 0.25) is 5.91 Å². The number of hydrogen-bond acceptors (Lipinski definition) is 2. The van der Waals surface area contributed by atoms with Crippen molar-refractivity contribution in [1.82, 2.24) is 0 Å². The van der Waals surface area contributed by atoms with Crippen LogP contribution in [-0.4, -0.2) is 18.5 Å². The standard InChI is InChI=1S/C14H22N2O/c1-4-12(15)10-14(17)16(5-2)13-8-6-7-11(3)9-13/h6-9,12H,4-5,10,15H2,1-3H3. The van der Waals surface area contributed by atoms with Crippen molar-refractivity contribution in [3.63, 3.8) is 0 Å². The molecule has 3 heteroatoms. The lowest BCUT2D eigenvalue weighted by atomic mass is 10.1. The summed E-state index contributed by atoms with van der Waals surface area (Å²) in [6, 6.07) is 7.95. The number of carbonyl (C=O) groups excluding carboxylic acids is 1. The number of benzene rings is 1. The van der Waals surface area contributed by atoms with E-state index >= 15 is 0 Å². The molecule has 0 aliphatic heterocycles. The summed E-state index contributed by atoms with van der Waals surface area (Å²) in [5.74, 6) is 0.104. The zero-order chi connectivity index (χ0) is 12.8. The van der Waals surface area contributed by atoms with E-state index < -0.39 is 0 Å². The number of aryl methyl sites for hydroxylation is 1. The zero-order valence-corrected chi connectivity index (χ0v) is 10.9. The van der Waals surface area contributed by atoms with E-state index in [2.05, 4.69) is 0 Å². The number of carbonyl (C=O) groups is 1. The first kappa shape index (κ1) is 13.7. The summed E-state index contributed by atoms with van der Waals surface area (Å²) in [6.07, 6.45) is 1.25. The molecule has 17 heavy (non-hydrogen) atoms. The van der Waals surface area contributed by atoms with Crippen LogP contribution >= 0.6 is 0 Å². The predicted molar refractivity (Wildman–Crippen MR) is 72.1 cm³/mol. The number of amides is 1. The first-order chi connectivity index (χ1) is 8.08. The quantitative estimate of drug-likeness (QED) is 0.850. The second kappa shape index (κ2) is 6.40. The molecule has 0 bridgehead atoms. The van der Waals surface area contributed by atoms with Gasteiger partial charge < -0.3 is 10.6 Å². The maximum absolute atomic E-state index is 12.1. The average Bonchev–Trinajstić information content (AvgIpc) is 2.30. The van der Waals surface area contributed by atoms with Gasteiger partial charge in [-0.05, 0) is 38.0 Å². The lowest BCUT2D eigenvalue weighted by Crippen LogP contribution is -2.35. The van der Waals surface area contributed by atoms with Crippen LogP contribution in [0.25, 0.3) is 0 Å². The van der Waals surface area contributed by atoms with Gasteiger partial charge >= 0.3 is 0 Å². The van der Waals surface area contributed by atoms with E-state index in [1.807, 2.05) is 45.0 Å². The fourth-order valence-electron chi connectivity index (χ4n) is 1.78. The van der Waals surface area contributed by atoms with Gasteiger partial charge in [0.15, 0.2) is 0 Å². The molecule has 1 aromatic rings. The van der Waals surface area contributed by atoms with E-state index in [0.29, 0.717) is 13.0 Å². The first-order valence-electron chi connectivity index (χ1n) is 6.21. The Morgan fingerprint density at radius 1 is 1.41 bits per heavy atom. The minimum atomic E-state index is -0.0404. The third kappa shape index (κ3) is 3.86. The Morgan fingerprint density at radius 3 is 2.65 bits per heavy atom. The molecule has 1 aromatic carbocycles. The maximum atomic E-state index is 12.1. The van der Waals surface area contributed by atoms with Crippen molar-refractivity contribution >= 4 is 11.6 Å². The van der Waals surface area contributed by atoms with Gasteiger partial charge in [0.25, 0.3) is 0 Å². The van der Waals surface area contributed by atoms with Crippen LogP contribution in [0.1, 0.15) is 32.3 Å². The van der Waals surface area contributed by atoms with Crippen LogP contribution < -0.4 is 10.6 Å². The van der Waals surface area contributed by atoms with Gasteiger partial charge in [-0.2, -0.15) is 0 Å². The molecule has 0 saturated heterocycles. The van der Waals surface area contributed by atoms with Crippen LogP contribution in [0.2, 0.25) is 0 Å². The van der Waals surface area contributed by atoms with Crippen LogP contribution in [0.3, 0.4) is 0 Å². The van der Waals surface area contributed by atoms with Gasteiger partial charge in [-0.15, -0.1) is 0 Å². The Morgan fingerprint density at radius 2 is 2.12 bits per heavy atom. The van der Waals surface area contributed by atoms with Crippen molar-refractivity contribution in [2.45, 2.75) is 39.7 Å². The molecular weight excluding hydrogens is 212 g/mol. The van der Waals surface area contributed by atoms with Gasteiger partial charge in [-0.1, -0.05) is 19.1 Å². The minimum absolute atomic E-state index is 0.0404. The summed E-state index contributed by atoms with van der Waals surface area (Å²) in [6.45, 7) is 6.69. The van der Waals surface area contributed by atoms with Crippen molar-refractivity contribution in [2.24, 2.45) is 5.73 Å². The third-order valence-electron chi connectivity index (χ3n) is 2.89. The highest BCUT2D eigenvalue weighted by Gasteiger charge is 2.16. The van der Waals surface area contributed by atoms with E-state index in [1.54, 1.807) is 4.90 Å². The number of nitrogens with zero attached hydrogens (tertiary/aromatic N) is 1. The molecule has 3 nitrogen and oxygen atoms in total. The van der Waals surface area contributed by atoms with E-state index in [-0.39, 0.29) is 11.9 Å². The second-order valence-electron chi connectivity index (χ2n) is 4.35. The van der Waals surface area contributed by atoms with E-state index in [9.17, 15) is 4.79 Å². The molecule has 0 fully saturated rings. The molecule has 0 aliphatic rings. The summed E-state index contributed by atoms with van der Waals surface area (Å²) in [7, 11) is 0. The predicted octanol–water partition coefficient (Wildman–Crippen LogP) is 2.48. The molecule has 2 N–H and O–H groups in total. The molecule has 1 amide bonds. The van der Waals surface area contributed by atoms with Crippen LogP contribution in [-0.2, 0) is 4.79 Å². The van der Waals surface area contributed by atoms with Crippen LogP contribution in [0, 0.1) is 6.92 Å². The van der Waals surface area contributed by atoms with Crippen molar-refractivity contribution in [3.8, 4) is 0 Å². The van der Waals surface area contributed by atoms with Crippen LogP contribution in [0.5, 0.6) is 0 Å². The van der Waals surface area contributed by atoms with Crippen molar-refractivity contribution in [3.05, 3.63) is 29.8 Å². The van der Waals surface area contributed by atoms with Crippen LogP contribution in [0.4, 0.5) is 5.69 Å². The molecule has 1 atom stereocenters. The van der Waals surface area contributed by atoms with E-state index in [0.717, 1.165) is 17.7 Å². The SMILES string of the molecule is CCC(N)CC(=O)N(CC)c1cccc(C)c1. The number of anilines is 1. The minimum Gasteiger partial charge on any atom is -0.327 e. The molecular formula is C14H22N2O. The first-order valence-corrected chi connectivity index (χ1v) is 6.21. The largest absolute Gasteiger partial charge is 0.327 e. The molecule has 0 aliphatic carbocycles. The fourth-order valence-corrected chi connectivity index (χ4v) is 1.78. The highest BCUT2D eigenvalue weighted by molar-refractivity contribution is 5.93. The highest BCUT2D eigenvalue weighted by atomic mass is 16.2. The third-order valence-corrected chi connectivity index (χ3v) is 2.89. The average molecular weight is 234 g/mol. The molecule has 0 radical (unpaired) electrons. The zero-order valence-electron chi connectivity index (χ0n) is 10.9. The number of nitrogens with two attached hydrogens (primary N) is 1. The van der Waals surface area contributed by atoms with E-state index in [1.165, 1.54) is 0 Å².